The second kappa shape index (κ2) is 10.7. The van der Waals surface area contributed by atoms with Gasteiger partial charge in [-0.25, -0.2) is 9.59 Å². The summed E-state index contributed by atoms with van der Waals surface area (Å²) in [6.07, 6.45) is 4.23. The van der Waals surface area contributed by atoms with Crippen molar-refractivity contribution in [3.05, 3.63) is 35.4 Å². The Hall–Kier alpha value is -2.81. The van der Waals surface area contributed by atoms with E-state index >= 15 is 0 Å². The highest BCUT2D eigenvalue weighted by Crippen LogP contribution is 2.35. The second-order valence-electron chi connectivity index (χ2n) is 7.87. The number of ether oxygens (including phenoxy) is 3. The van der Waals surface area contributed by atoms with Gasteiger partial charge >= 0.3 is 11.9 Å². The number of rotatable bonds is 7. The first-order valence-electron chi connectivity index (χ1n) is 9.96. The molecule has 1 fully saturated rings. The molecule has 0 unspecified atom stereocenters. The molecule has 156 valence electrons. The van der Waals surface area contributed by atoms with Gasteiger partial charge < -0.3 is 14.2 Å². The SMILES string of the molecule is COc1ccc(/C=C(\C#N)C(=O)OCC(=O)O[C@@H]2C[C@H](C)CC[C@H]2C(C)C)cc1. The van der Waals surface area contributed by atoms with Gasteiger partial charge in [0.05, 0.1) is 7.11 Å². The molecule has 0 saturated heterocycles. The third-order valence-electron chi connectivity index (χ3n) is 5.33. The van der Waals surface area contributed by atoms with Crippen LogP contribution >= 0.6 is 0 Å². The standard InChI is InChI=1S/C23H29NO5/c1-15(2)20-10-5-16(3)11-21(20)29-22(25)14-28-23(26)18(13-24)12-17-6-8-19(27-4)9-7-17/h6-9,12,15-16,20-21H,5,10-11,14H2,1-4H3/b18-12+/t16-,20+,21-/m1/s1. The fraction of sp³-hybridized carbons (Fsp3) is 0.522. The van der Waals surface area contributed by atoms with Crippen LogP contribution in [-0.2, 0) is 19.1 Å². The van der Waals surface area contributed by atoms with Gasteiger partial charge in [-0.15, -0.1) is 0 Å². The van der Waals surface area contributed by atoms with E-state index in [1.165, 1.54) is 6.08 Å². The molecule has 1 aromatic carbocycles. The molecule has 29 heavy (non-hydrogen) atoms. The summed E-state index contributed by atoms with van der Waals surface area (Å²) in [6.45, 7) is 5.91. The largest absolute Gasteiger partial charge is 0.497 e. The number of nitrogens with zero attached hydrogens (tertiary/aromatic N) is 1. The Morgan fingerprint density at radius 1 is 1.24 bits per heavy atom. The smallest absolute Gasteiger partial charge is 0.349 e. The average molecular weight is 399 g/mol. The third kappa shape index (κ3) is 6.63. The molecule has 0 radical (unpaired) electrons. The summed E-state index contributed by atoms with van der Waals surface area (Å²) in [5, 5.41) is 9.25. The highest BCUT2D eigenvalue weighted by Gasteiger charge is 2.33. The Bertz CT molecular complexity index is 775. The van der Waals surface area contributed by atoms with Crippen molar-refractivity contribution in [1.82, 2.24) is 0 Å². The Balaban J connectivity index is 1.92. The molecule has 6 heteroatoms. The molecule has 0 heterocycles. The molecule has 3 atom stereocenters. The number of esters is 2. The summed E-state index contributed by atoms with van der Waals surface area (Å²) in [4.78, 5) is 24.4. The lowest BCUT2D eigenvalue weighted by Crippen LogP contribution is -2.36. The van der Waals surface area contributed by atoms with Gasteiger partial charge in [-0.3, -0.25) is 0 Å². The quantitative estimate of drug-likeness (QED) is 0.389. The van der Waals surface area contributed by atoms with Crippen LogP contribution in [0.5, 0.6) is 5.75 Å². The van der Waals surface area contributed by atoms with Crippen LogP contribution < -0.4 is 4.74 Å². The zero-order valence-electron chi connectivity index (χ0n) is 17.5. The van der Waals surface area contributed by atoms with E-state index in [1.807, 2.05) is 6.07 Å². The minimum atomic E-state index is -0.849. The zero-order valence-corrected chi connectivity index (χ0v) is 17.5. The normalized spacial score (nSPS) is 21.9. The molecular formula is C23H29NO5. The molecule has 0 amide bonds. The van der Waals surface area contributed by atoms with Gasteiger partial charge in [0.15, 0.2) is 6.61 Å². The van der Waals surface area contributed by atoms with Crippen molar-refractivity contribution in [2.75, 3.05) is 13.7 Å². The van der Waals surface area contributed by atoms with Crippen molar-refractivity contribution in [3.63, 3.8) is 0 Å². The van der Waals surface area contributed by atoms with Crippen LogP contribution in [-0.4, -0.2) is 31.8 Å². The monoisotopic (exact) mass is 399 g/mol. The van der Waals surface area contributed by atoms with Crippen molar-refractivity contribution in [2.24, 2.45) is 17.8 Å². The van der Waals surface area contributed by atoms with Gasteiger partial charge in [-0.1, -0.05) is 39.3 Å². The molecule has 6 nitrogen and oxygen atoms in total. The topological polar surface area (TPSA) is 85.6 Å². The first-order chi connectivity index (χ1) is 13.8. The van der Waals surface area contributed by atoms with E-state index in [0.29, 0.717) is 29.1 Å². The summed E-state index contributed by atoms with van der Waals surface area (Å²) >= 11 is 0. The van der Waals surface area contributed by atoms with Crippen LogP contribution in [0.4, 0.5) is 0 Å². The van der Waals surface area contributed by atoms with E-state index in [4.69, 9.17) is 14.2 Å². The number of hydrogen-bond acceptors (Lipinski definition) is 6. The van der Waals surface area contributed by atoms with Crippen LogP contribution in [0.3, 0.4) is 0 Å². The maximum atomic E-state index is 12.2. The van der Waals surface area contributed by atoms with E-state index in [0.717, 1.165) is 19.3 Å². The molecular weight excluding hydrogens is 370 g/mol. The van der Waals surface area contributed by atoms with Gasteiger partial charge in [0.2, 0.25) is 0 Å². The van der Waals surface area contributed by atoms with Crippen molar-refractivity contribution < 1.29 is 23.8 Å². The van der Waals surface area contributed by atoms with Gasteiger partial charge in [-0.2, -0.15) is 5.26 Å². The second-order valence-corrected chi connectivity index (χ2v) is 7.87. The Kier molecular flexibility index (Phi) is 8.26. The van der Waals surface area contributed by atoms with Crippen LogP contribution in [0.2, 0.25) is 0 Å². The Morgan fingerprint density at radius 3 is 2.52 bits per heavy atom. The highest BCUT2D eigenvalue weighted by atomic mass is 16.6. The molecule has 0 aromatic heterocycles. The maximum Gasteiger partial charge on any atom is 0.349 e. The lowest BCUT2D eigenvalue weighted by atomic mass is 9.75. The summed E-state index contributed by atoms with van der Waals surface area (Å²) in [7, 11) is 1.55. The molecule has 0 aliphatic heterocycles. The molecule has 0 spiro atoms. The highest BCUT2D eigenvalue weighted by molar-refractivity contribution is 5.98. The number of carbonyl (C=O) groups excluding carboxylic acids is 2. The van der Waals surface area contributed by atoms with Crippen molar-refractivity contribution in [2.45, 2.75) is 46.1 Å². The molecule has 0 N–H and O–H groups in total. The van der Waals surface area contributed by atoms with E-state index < -0.39 is 18.5 Å². The fourth-order valence-corrected chi connectivity index (χ4v) is 3.66. The van der Waals surface area contributed by atoms with Gasteiger partial charge in [0.25, 0.3) is 0 Å². The maximum absolute atomic E-state index is 12.2. The lowest BCUT2D eigenvalue weighted by molar-refractivity contribution is -0.165. The third-order valence-corrected chi connectivity index (χ3v) is 5.33. The fourth-order valence-electron chi connectivity index (χ4n) is 3.66. The van der Waals surface area contributed by atoms with E-state index in [1.54, 1.807) is 31.4 Å². The molecule has 2 rings (SSSR count). The van der Waals surface area contributed by atoms with Crippen LogP contribution in [0, 0.1) is 29.1 Å². The van der Waals surface area contributed by atoms with E-state index in [9.17, 15) is 14.9 Å². The molecule has 1 aromatic rings. The summed E-state index contributed by atoms with van der Waals surface area (Å²) in [5.41, 5.74) is 0.465. The average Bonchev–Trinajstić information content (AvgIpc) is 2.70. The van der Waals surface area contributed by atoms with Crippen LogP contribution in [0.25, 0.3) is 6.08 Å². The summed E-state index contributed by atoms with van der Waals surface area (Å²) in [5.74, 6) is 0.476. The number of hydrogen-bond donors (Lipinski definition) is 0. The number of nitriles is 1. The van der Waals surface area contributed by atoms with Gasteiger partial charge in [0.1, 0.15) is 23.5 Å². The van der Waals surface area contributed by atoms with Crippen LogP contribution in [0.1, 0.15) is 45.6 Å². The zero-order chi connectivity index (χ0) is 21.4. The predicted octanol–water partition coefficient (Wildman–Crippen LogP) is 4.15. The minimum absolute atomic E-state index is 0.157. The lowest BCUT2D eigenvalue weighted by Gasteiger charge is -2.36. The predicted molar refractivity (Wildman–Crippen MR) is 109 cm³/mol. The van der Waals surface area contributed by atoms with Gasteiger partial charge in [0, 0.05) is 0 Å². The Labute approximate surface area is 172 Å². The van der Waals surface area contributed by atoms with Crippen LogP contribution in [0.15, 0.2) is 29.8 Å². The molecule has 1 aliphatic carbocycles. The summed E-state index contributed by atoms with van der Waals surface area (Å²) < 4.78 is 15.7. The van der Waals surface area contributed by atoms with Crippen molar-refractivity contribution in [1.29, 1.82) is 5.26 Å². The molecule has 1 aliphatic rings. The molecule has 1 saturated carbocycles. The summed E-state index contributed by atoms with van der Waals surface area (Å²) in [6, 6.07) is 8.69. The van der Waals surface area contributed by atoms with E-state index in [2.05, 4.69) is 20.8 Å². The number of benzene rings is 1. The minimum Gasteiger partial charge on any atom is -0.497 e. The van der Waals surface area contributed by atoms with Crippen molar-refractivity contribution >= 4 is 18.0 Å². The first kappa shape index (κ1) is 22.5. The number of methoxy groups -OCH3 is 1. The van der Waals surface area contributed by atoms with Gasteiger partial charge in [-0.05, 0) is 54.4 Å². The molecule has 0 bridgehead atoms. The Morgan fingerprint density at radius 2 is 1.93 bits per heavy atom. The van der Waals surface area contributed by atoms with Crippen molar-refractivity contribution in [3.8, 4) is 11.8 Å². The van der Waals surface area contributed by atoms with E-state index in [-0.39, 0.29) is 11.7 Å². The number of carbonyl (C=O) groups is 2. The first-order valence-corrected chi connectivity index (χ1v) is 9.96.